The van der Waals surface area contributed by atoms with Gasteiger partial charge < -0.3 is 37.9 Å². The summed E-state index contributed by atoms with van der Waals surface area (Å²) in [7, 11) is 1.40. The summed E-state index contributed by atoms with van der Waals surface area (Å²) in [6.07, 6.45) is 12.7. The molecule has 1 N–H and O–H groups in total. The zero-order valence-corrected chi connectivity index (χ0v) is 48.3. The van der Waals surface area contributed by atoms with E-state index in [2.05, 4.69) is 26.0 Å². The highest BCUT2D eigenvalue weighted by atomic mass is 16.6. The van der Waals surface area contributed by atoms with Crippen LogP contribution in [0.5, 0.6) is 11.5 Å². The zero-order valence-electron chi connectivity index (χ0n) is 48.3. The quantitative estimate of drug-likeness (QED) is 0.105. The van der Waals surface area contributed by atoms with Crippen LogP contribution in [0.15, 0.2) is 94.8 Å². The molecule has 2 aromatic heterocycles. The Morgan fingerprint density at radius 2 is 0.975 bits per heavy atom. The van der Waals surface area contributed by atoms with E-state index >= 15 is 0 Å². The van der Waals surface area contributed by atoms with Crippen molar-refractivity contribution < 1.29 is 38.4 Å². The first-order chi connectivity index (χ1) is 37.6. The molecule has 79 heavy (non-hydrogen) atoms. The molecule has 2 aliphatic heterocycles. The van der Waals surface area contributed by atoms with Gasteiger partial charge in [0, 0.05) is 48.7 Å². The van der Waals surface area contributed by atoms with E-state index in [0.717, 1.165) is 154 Å². The van der Waals surface area contributed by atoms with Crippen LogP contribution in [-0.2, 0) is 49.7 Å². The lowest BCUT2D eigenvalue weighted by atomic mass is 9.82. The van der Waals surface area contributed by atoms with Crippen molar-refractivity contribution in [3.05, 3.63) is 150 Å². The highest BCUT2D eigenvalue weighted by Gasteiger charge is 2.36. The summed E-state index contributed by atoms with van der Waals surface area (Å²) in [6, 6.07) is 23.4. The number of fused-ring (bicyclic) bond motifs is 2. The molecule has 2 unspecified atom stereocenters. The first kappa shape index (κ1) is 56.9. The average molecular weight is 1070 g/mol. The van der Waals surface area contributed by atoms with Gasteiger partial charge in [-0.05, 0) is 235 Å². The minimum Gasteiger partial charge on any atom is -0.493 e. The summed E-state index contributed by atoms with van der Waals surface area (Å²) in [4.78, 5) is 51.7. The fourth-order valence-electron chi connectivity index (χ4n) is 11.8. The normalized spacial score (nSPS) is 16.1. The van der Waals surface area contributed by atoms with E-state index in [1.807, 2.05) is 125 Å². The minimum absolute atomic E-state index is 0.00940. The second kappa shape index (κ2) is 23.5. The molecule has 4 heterocycles. The summed E-state index contributed by atoms with van der Waals surface area (Å²) in [5, 5.41) is 10.4. The van der Waals surface area contributed by atoms with E-state index in [1.54, 1.807) is 12.1 Å². The van der Waals surface area contributed by atoms with Gasteiger partial charge in [0.1, 0.15) is 11.5 Å². The van der Waals surface area contributed by atoms with Crippen molar-refractivity contribution in [2.45, 2.75) is 170 Å². The number of carboxylic acids is 1. The number of carbonyl (C=O) groups is 2. The Hall–Kier alpha value is -6.76. The largest absolute Gasteiger partial charge is 0.493 e. The van der Waals surface area contributed by atoms with Gasteiger partial charge in [-0.2, -0.15) is 0 Å². The highest BCUT2D eigenvalue weighted by molar-refractivity contribution is 5.93. The van der Waals surface area contributed by atoms with Crippen molar-refractivity contribution in [3.8, 4) is 56.0 Å². The van der Waals surface area contributed by atoms with Gasteiger partial charge in [0.2, 0.25) is 0 Å². The third kappa shape index (κ3) is 12.5. The number of aromatic nitrogens is 2. The van der Waals surface area contributed by atoms with Crippen LogP contribution < -0.4 is 20.6 Å². The summed E-state index contributed by atoms with van der Waals surface area (Å²) in [5.41, 5.74) is 14.0. The van der Waals surface area contributed by atoms with Crippen LogP contribution in [0.2, 0.25) is 0 Å². The number of aryl methyl sites for hydroxylation is 2. The molecule has 2 aliphatic carbocycles. The number of nitrogens with zero attached hydrogens (tertiary/aromatic N) is 2. The molecule has 4 aromatic carbocycles. The van der Waals surface area contributed by atoms with Crippen molar-refractivity contribution >= 4 is 11.9 Å². The van der Waals surface area contributed by atoms with Crippen LogP contribution in [0.1, 0.15) is 150 Å². The molecule has 0 radical (unpaired) electrons. The Morgan fingerprint density at radius 3 is 1.35 bits per heavy atom. The molecule has 2 saturated carbocycles. The number of hydrogen-bond acceptors (Lipinski definition) is 9. The van der Waals surface area contributed by atoms with Gasteiger partial charge in [0.05, 0.1) is 31.5 Å². The first-order valence-corrected chi connectivity index (χ1v) is 28.5. The predicted octanol–water partition coefficient (Wildman–Crippen LogP) is 13.8. The van der Waals surface area contributed by atoms with Gasteiger partial charge in [0.15, 0.2) is 12.2 Å². The summed E-state index contributed by atoms with van der Waals surface area (Å²) >= 11 is 0. The first-order valence-electron chi connectivity index (χ1n) is 28.5. The van der Waals surface area contributed by atoms with Crippen LogP contribution in [-0.4, -0.2) is 57.7 Å². The Bertz CT molecular complexity index is 3380. The third-order valence-electron chi connectivity index (χ3n) is 16.3. The van der Waals surface area contributed by atoms with E-state index in [1.165, 1.54) is 25.5 Å². The number of aliphatic carboxylic acids is 1. The Labute approximate surface area is 466 Å². The monoisotopic (exact) mass is 1070 g/mol. The summed E-state index contributed by atoms with van der Waals surface area (Å²) in [5.74, 6) is 1.43. The Balaban J connectivity index is 0.000000192. The van der Waals surface area contributed by atoms with Crippen molar-refractivity contribution in [2.75, 3.05) is 20.3 Å². The molecule has 4 aliphatic rings. The highest BCUT2D eigenvalue weighted by Crippen LogP contribution is 2.47. The van der Waals surface area contributed by atoms with Crippen LogP contribution in [0, 0.1) is 39.5 Å². The molecule has 2 atom stereocenters. The number of rotatable bonds is 14. The minimum atomic E-state index is -1.16. The lowest BCUT2D eigenvalue weighted by Crippen LogP contribution is -2.29. The third-order valence-corrected chi connectivity index (χ3v) is 16.3. The molecule has 0 amide bonds. The molecule has 0 bridgehead atoms. The predicted molar refractivity (Wildman–Crippen MR) is 311 cm³/mol. The molecule has 6 aromatic rings. The number of esters is 1. The van der Waals surface area contributed by atoms with E-state index in [0.29, 0.717) is 30.6 Å². The Morgan fingerprint density at radius 1 is 0.570 bits per heavy atom. The maximum atomic E-state index is 13.3. The molecule has 0 saturated heterocycles. The lowest BCUT2D eigenvalue weighted by Gasteiger charge is -2.31. The lowest BCUT2D eigenvalue weighted by molar-refractivity contribution is -0.164. The maximum Gasteiger partial charge on any atom is 0.339 e. The standard InChI is InChI=1S/C34H41NO5.C33H39NO5/c1-21-12-14-27(24-13-17-29(36)35(20-24)19-23-9-7-10-23)31(30(21)32(33(37)38-6)40-34(3,4)5)26-15-16-28-25(22(26)2)11-8-18-39-28;1-20-11-13-26(23-12-16-28(35)34(19-23)18-22-8-6-9-22)30(29(20)31(32(36)37)39-33(3,4)5)25-14-15-27-24(21(25)2)10-7-17-38-27/h12-17,20,23,32H,7-11,18-19H2,1-6H3;11-16,19,22,31H,6-10,17-18H2,1-5H3,(H,36,37). The fraction of sp³-hybridized carbons (Fsp3) is 0.463. The second-order valence-electron chi connectivity index (χ2n) is 24.3. The number of carbonyl (C=O) groups excluding carboxylic acids is 1. The zero-order chi connectivity index (χ0) is 56.5. The van der Waals surface area contributed by atoms with Gasteiger partial charge >= 0.3 is 11.9 Å². The van der Waals surface area contributed by atoms with Crippen LogP contribution in [0.4, 0.5) is 0 Å². The molecule has 418 valence electrons. The maximum absolute atomic E-state index is 13.3. The number of ether oxygens (including phenoxy) is 5. The molecular formula is C67H80N2O10. The number of benzene rings is 4. The summed E-state index contributed by atoms with van der Waals surface area (Å²) in [6.45, 7) is 22.5. The molecule has 12 heteroatoms. The number of carboxylic acid groups (broad SMARTS) is 1. The van der Waals surface area contributed by atoms with Crippen LogP contribution in [0.3, 0.4) is 0 Å². The van der Waals surface area contributed by atoms with Crippen LogP contribution in [0.25, 0.3) is 44.5 Å². The van der Waals surface area contributed by atoms with E-state index < -0.39 is 35.3 Å². The SMILES string of the molecule is COC(=O)C(OC(C)(C)C)c1c(C)ccc(-c2ccc(=O)n(CC3CCC3)c2)c1-c1ccc2c(c1C)CCCO2.Cc1ccc(-c2ccc(=O)n(CC3CCC3)c2)c(-c2ccc3c(c2C)CCCO3)c1C(OC(C)(C)C)C(=O)O. The number of methoxy groups -OCH3 is 1. The van der Waals surface area contributed by atoms with Crippen LogP contribution >= 0.6 is 0 Å². The van der Waals surface area contributed by atoms with Crippen molar-refractivity contribution in [1.29, 1.82) is 0 Å². The Kier molecular flexibility index (Phi) is 17.0. The van der Waals surface area contributed by atoms with E-state index in [-0.39, 0.29) is 11.1 Å². The number of hydrogen-bond donors (Lipinski definition) is 1. The van der Waals surface area contributed by atoms with Crippen molar-refractivity contribution in [2.24, 2.45) is 11.8 Å². The summed E-state index contributed by atoms with van der Waals surface area (Å²) < 4.78 is 33.5. The topological polar surface area (TPSA) is 145 Å². The van der Waals surface area contributed by atoms with Gasteiger partial charge in [-0.25, -0.2) is 9.59 Å². The average Bonchev–Trinajstić information content (AvgIpc) is 3.56. The molecule has 0 spiro atoms. The molecular weight excluding hydrogens is 993 g/mol. The molecule has 10 rings (SSSR count). The number of pyridine rings is 2. The van der Waals surface area contributed by atoms with E-state index in [9.17, 15) is 24.3 Å². The van der Waals surface area contributed by atoms with Gasteiger partial charge in [-0.1, -0.05) is 49.2 Å². The van der Waals surface area contributed by atoms with Crippen molar-refractivity contribution in [3.63, 3.8) is 0 Å². The smallest absolute Gasteiger partial charge is 0.339 e. The second-order valence-corrected chi connectivity index (χ2v) is 24.3. The molecule has 12 nitrogen and oxygen atoms in total. The van der Waals surface area contributed by atoms with Crippen molar-refractivity contribution in [1.82, 2.24) is 9.13 Å². The molecule has 2 fully saturated rings. The van der Waals surface area contributed by atoms with E-state index in [4.69, 9.17) is 23.7 Å². The van der Waals surface area contributed by atoms with Gasteiger partial charge in [-0.3, -0.25) is 9.59 Å². The fourth-order valence-corrected chi connectivity index (χ4v) is 11.8. The van der Waals surface area contributed by atoms with Gasteiger partial charge in [0.25, 0.3) is 11.1 Å². The van der Waals surface area contributed by atoms with Gasteiger partial charge in [-0.15, -0.1) is 0 Å².